The molecule has 0 amide bonds. The third-order valence-corrected chi connectivity index (χ3v) is 3.25. The third-order valence-electron chi connectivity index (χ3n) is 2.46. The van der Waals surface area contributed by atoms with E-state index in [1.807, 2.05) is 4.90 Å². The quantitative estimate of drug-likeness (QED) is 0.803. The molecule has 8 heteroatoms. The lowest BCUT2D eigenvalue weighted by atomic mass is 10.3. The van der Waals surface area contributed by atoms with Gasteiger partial charge in [0.25, 0.3) is 0 Å². The van der Waals surface area contributed by atoms with Crippen molar-refractivity contribution in [2.45, 2.75) is 4.90 Å². The number of anilines is 1. The Bertz CT molecular complexity index is 477. The van der Waals surface area contributed by atoms with E-state index in [0.717, 1.165) is 32.4 Å². The average Bonchev–Trinajstić information content (AvgIpc) is 2.29. The van der Waals surface area contributed by atoms with E-state index in [-0.39, 0.29) is 17.3 Å². The van der Waals surface area contributed by atoms with Crippen molar-refractivity contribution in [3.63, 3.8) is 0 Å². The molecule has 2 rings (SSSR count). The van der Waals surface area contributed by atoms with Crippen LogP contribution in [0.5, 0.6) is 0 Å². The summed E-state index contributed by atoms with van der Waals surface area (Å²) < 4.78 is 34.2. The summed E-state index contributed by atoms with van der Waals surface area (Å²) >= 11 is 0. The van der Waals surface area contributed by atoms with Crippen LogP contribution >= 0.6 is 12.4 Å². The number of hydrogen-bond donors (Lipinski definition) is 1. The molecular weight excluding hydrogens is 269 g/mol. The van der Waals surface area contributed by atoms with Gasteiger partial charge in [-0.25, -0.2) is 0 Å². The molecule has 1 aromatic rings. The van der Waals surface area contributed by atoms with Gasteiger partial charge in [-0.3, -0.25) is 4.98 Å². The van der Waals surface area contributed by atoms with E-state index in [9.17, 15) is 12.3 Å². The Kier molecular flexibility index (Phi) is 4.67. The smallest absolute Gasteiger partial charge is 0.333 e. The van der Waals surface area contributed by atoms with E-state index in [2.05, 4.69) is 10.3 Å². The van der Waals surface area contributed by atoms with Crippen molar-refractivity contribution in [3.8, 4) is 0 Å². The number of aromatic nitrogens is 1. The predicted molar refractivity (Wildman–Crippen MR) is 64.9 cm³/mol. The number of pyridine rings is 1. The first-order valence-electron chi connectivity index (χ1n) is 4.93. The van der Waals surface area contributed by atoms with E-state index < -0.39 is 10.2 Å². The van der Waals surface area contributed by atoms with Gasteiger partial charge in [0, 0.05) is 32.4 Å². The Hall–Kier alpha value is -0.920. The second-order valence-corrected chi connectivity index (χ2v) is 4.90. The van der Waals surface area contributed by atoms with Crippen molar-refractivity contribution in [1.82, 2.24) is 10.3 Å². The first-order valence-corrected chi connectivity index (χ1v) is 6.31. The lowest BCUT2D eigenvalue weighted by molar-refractivity contribution is 0.551. The van der Waals surface area contributed by atoms with Gasteiger partial charge in [0.1, 0.15) is 4.90 Å². The minimum atomic E-state index is -4.67. The summed E-state index contributed by atoms with van der Waals surface area (Å²) in [4.78, 5) is 5.33. The molecule has 5 nitrogen and oxygen atoms in total. The summed E-state index contributed by atoms with van der Waals surface area (Å²) in [7, 11) is -4.67. The zero-order valence-electron chi connectivity index (χ0n) is 8.97. The summed E-state index contributed by atoms with van der Waals surface area (Å²) in [6.07, 6.45) is 2.56. The molecule has 1 saturated heterocycles. The molecule has 17 heavy (non-hydrogen) atoms. The van der Waals surface area contributed by atoms with Crippen LogP contribution in [0.25, 0.3) is 0 Å². The molecule has 0 bridgehead atoms. The van der Waals surface area contributed by atoms with Crippen LogP contribution in [0.4, 0.5) is 9.57 Å². The summed E-state index contributed by atoms with van der Waals surface area (Å²) in [6, 6.07) is 1.31. The van der Waals surface area contributed by atoms with Gasteiger partial charge < -0.3 is 10.2 Å². The van der Waals surface area contributed by atoms with Crippen molar-refractivity contribution >= 4 is 28.3 Å². The minimum absolute atomic E-state index is 0. The molecule has 0 saturated carbocycles. The summed E-state index contributed by atoms with van der Waals surface area (Å²) in [5.74, 6) is 0. The third kappa shape index (κ3) is 3.52. The van der Waals surface area contributed by atoms with Gasteiger partial charge >= 0.3 is 10.2 Å². The second-order valence-electron chi connectivity index (χ2n) is 3.55. The molecule has 96 valence electrons. The highest BCUT2D eigenvalue weighted by Crippen LogP contribution is 2.19. The maximum Gasteiger partial charge on any atom is 0.333 e. The average molecular weight is 282 g/mol. The van der Waals surface area contributed by atoms with Gasteiger partial charge in [-0.05, 0) is 6.07 Å². The number of halogens is 2. The molecule has 0 aliphatic carbocycles. The van der Waals surface area contributed by atoms with Crippen molar-refractivity contribution in [3.05, 3.63) is 18.5 Å². The molecule has 1 aromatic heterocycles. The molecular formula is C9H13ClFN3O2S. The number of hydrogen-bond acceptors (Lipinski definition) is 5. The van der Waals surface area contributed by atoms with Crippen molar-refractivity contribution in [2.24, 2.45) is 0 Å². The minimum Gasteiger partial charge on any atom is -0.368 e. The van der Waals surface area contributed by atoms with E-state index in [1.165, 1.54) is 6.07 Å². The molecule has 0 aromatic carbocycles. The van der Waals surface area contributed by atoms with E-state index in [4.69, 9.17) is 0 Å². The van der Waals surface area contributed by atoms with Crippen molar-refractivity contribution in [1.29, 1.82) is 0 Å². The molecule has 1 aliphatic rings. The van der Waals surface area contributed by atoms with Gasteiger partial charge in [-0.1, -0.05) is 0 Å². The highest BCUT2D eigenvalue weighted by atomic mass is 35.5. The largest absolute Gasteiger partial charge is 0.368 e. The van der Waals surface area contributed by atoms with E-state index >= 15 is 0 Å². The van der Waals surface area contributed by atoms with Crippen LogP contribution in [0.1, 0.15) is 0 Å². The molecule has 1 aliphatic heterocycles. The second kappa shape index (κ2) is 5.61. The predicted octanol–water partition coefficient (Wildman–Crippen LogP) is 0.571. The Morgan fingerprint density at radius 3 is 2.53 bits per heavy atom. The van der Waals surface area contributed by atoms with Crippen LogP contribution in [0, 0.1) is 0 Å². The Morgan fingerprint density at radius 2 is 1.94 bits per heavy atom. The fraction of sp³-hybridized carbons (Fsp3) is 0.444. The Morgan fingerprint density at radius 1 is 1.29 bits per heavy atom. The molecule has 0 unspecified atom stereocenters. The van der Waals surface area contributed by atoms with Crippen LogP contribution in [-0.4, -0.2) is 39.6 Å². The van der Waals surface area contributed by atoms with Crippen LogP contribution in [0.15, 0.2) is 23.4 Å². The number of rotatable bonds is 2. The van der Waals surface area contributed by atoms with Crippen LogP contribution < -0.4 is 10.2 Å². The number of nitrogens with zero attached hydrogens (tertiary/aromatic N) is 2. The first-order chi connectivity index (χ1) is 7.57. The zero-order valence-corrected chi connectivity index (χ0v) is 10.6. The normalized spacial score (nSPS) is 16.4. The van der Waals surface area contributed by atoms with Gasteiger partial charge in [0.05, 0.1) is 11.9 Å². The van der Waals surface area contributed by atoms with Crippen molar-refractivity contribution in [2.75, 3.05) is 31.1 Å². The zero-order chi connectivity index (χ0) is 11.6. The fourth-order valence-corrected chi connectivity index (χ4v) is 2.08. The lowest BCUT2D eigenvalue weighted by Crippen LogP contribution is -2.43. The van der Waals surface area contributed by atoms with Crippen LogP contribution in [-0.2, 0) is 10.2 Å². The Labute approximate surface area is 106 Å². The first kappa shape index (κ1) is 14.1. The maximum absolute atomic E-state index is 12.8. The van der Waals surface area contributed by atoms with Gasteiger partial charge in [-0.2, -0.15) is 8.42 Å². The maximum atomic E-state index is 12.8. The van der Waals surface area contributed by atoms with Crippen molar-refractivity contribution < 1.29 is 12.3 Å². The molecule has 0 atom stereocenters. The molecule has 1 N–H and O–H groups in total. The molecule has 0 spiro atoms. The van der Waals surface area contributed by atoms with E-state index in [1.54, 1.807) is 6.20 Å². The van der Waals surface area contributed by atoms with Gasteiger partial charge in [-0.15, -0.1) is 16.3 Å². The molecule has 2 heterocycles. The highest BCUT2D eigenvalue weighted by Gasteiger charge is 2.16. The summed E-state index contributed by atoms with van der Waals surface area (Å²) in [5.41, 5.74) is 0.639. The molecule has 1 fully saturated rings. The summed E-state index contributed by atoms with van der Waals surface area (Å²) in [6.45, 7) is 3.17. The summed E-state index contributed by atoms with van der Waals surface area (Å²) in [5, 5.41) is 3.17. The monoisotopic (exact) mass is 281 g/mol. The van der Waals surface area contributed by atoms with E-state index in [0.29, 0.717) is 5.69 Å². The number of piperazine rings is 1. The lowest BCUT2D eigenvalue weighted by Gasteiger charge is -2.29. The Balaban J connectivity index is 0.00000144. The topological polar surface area (TPSA) is 62.3 Å². The fourth-order valence-electron chi connectivity index (χ4n) is 1.64. The highest BCUT2D eigenvalue weighted by molar-refractivity contribution is 7.86. The number of nitrogens with one attached hydrogen (secondary N) is 1. The SMILES string of the molecule is Cl.O=S(=O)(F)c1cncc(N2CCNCC2)c1. The standard InChI is InChI=1S/C9H12FN3O2S.ClH/c10-16(14,15)9-5-8(6-12-7-9)13-3-1-11-2-4-13;/h5-7,11H,1-4H2;1H. The van der Waals surface area contributed by atoms with Crippen LogP contribution in [0.3, 0.4) is 0 Å². The van der Waals surface area contributed by atoms with Gasteiger partial charge in [0.15, 0.2) is 0 Å². The molecule has 0 radical (unpaired) electrons. The van der Waals surface area contributed by atoms with Crippen LogP contribution in [0.2, 0.25) is 0 Å². The van der Waals surface area contributed by atoms with Gasteiger partial charge in [0.2, 0.25) is 0 Å².